The van der Waals surface area contributed by atoms with Crippen molar-refractivity contribution >= 4 is 22.7 Å². The van der Waals surface area contributed by atoms with Gasteiger partial charge in [-0.15, -0.1) is 5.10 Å². The molecule has 140 valence electrons. The van der Waals surface area contributed by atoms with Gasteiger partial charge >= 0.3 is 6.09 Å². The third-order valence-electron chi connectivity index (χ3n) is 4.03. The van der Waals surface area contributed by atoms with E-state index in [1.807, 2.05) is 0 Å². The molecule has 0 aliphatic carbocycles. The number of carbonyl (C=O) groups excluding carboxylic acids is 1. The van der Waals surface area contributed by atoms with Gasteiger partial charge in [0.25, 0.3) is 5.69 Å². The standard InChI is InChI=1S/C16H20N4O6/c1-2-25-16(21)19-14-4-3-12(20(22)23)11-13(14)15(17-19)26-10-7-18-5-8-24-9-6-18/h3-4,11H,2,5-10H2,1H3. The zero-order valence-corrected chi connectivity index (χ0v) is 14.4. The van der Waals surface area contributed by atoms with E-state index in [9.17, 15) is 14.9 Å². The van der Waals surface area contributed by atoms with Crippen molar-refractivity contribution in [2.45, 2.75) is 6.92 Å². The van der Waals surface area contributed by atoms with Crippen molar-refractivity contribution in [3.63, 3.8) is 0 Å². The van der Waals surface area contributed by atoms with Crippen molar-refractivity contribution in [2.75, 3.05) is 46.1 Å². The molecular weight excluding hydrogens is 344 g/mol. The van der Waals surface area contributed by atoms with Gasteiger partial charge < -0.3 is 14.2 Å². The van der Waals surface area contributed by atoms with Crippen LogP contribution in [0.1, 0.15) is 6.92 Å². The zero-order valence-electron chi connectivity index (χ0n) is 14.4. The number of rotatable bonds is 6. The molecule has 2 aromatic rings. The molecule has 0 unspecified atom stereocenters. The number of nitro groups is 1. The molecule has 0 saturated carbocycles. The Balaban J connectivity index is 1.83. The number of morpholine rings is 1. The third kappa shape index (κ3) is 3.92. The normalized spacial score (nSPS) is 15.1. The lowest BCUT2D eigenvalue weighted by Crippen LogP contribution is -2.38. The zero-order chi connectivity index (χ0) is 18.5. The van der Waals surface area contributed by atoms with Crippen molar-refractivity contribution in [1.29, 1.82) is 0 Å². The number of aromatic nitrogens is 2. The molecule has 1 saturated heterocycles. The van der Waals surface area contributed by atoms with E-state index in [0.717, 1.165) is 17.8 Å². The molecule has 2 heterocycles. The predicted molar refractivity (Wildman–Crippen MR) is 91.6 cm³/mol. The van der Waals surface area contributed by atoms with E-state index in [1.54, 1.807) is 6.92 Å². The van der Waals surface area contributed by atoms with Crippen molar-refractivity contribution in [2.24, 2.45) is 0 Å². The monoisotopic (exact) mass is 364 g/mol. The van der Waals surface area contributed by atoms with E-state index >= 15 is 0 Å². The van der Waals surface area contributed by atoms with Gasteiger partial charge in [-0.1, -0.05) is 0 Å². The van der Waals surface area contributed by atoms with Gasteiger partial charge in [0.05, 0.1) is 35.6 Å². The minimum Gasteiger partial charge on any atom is -0.475 e. The summed E-state index contributed by atoms with van der Waals surface area (Å²) in [6, 6.07) is 4.13. The highest BCUT2D eigenvalue weighted by atomic mass is 16.6. The van der Waals surface area contributed by atoms with E-state index in [4.69, 9.17) is 14.2 Å². The van der Waals surface area contributed by atoms with Crippen LogP contribution < -0.4 is 4.74 Å². The Morgan fingerprint density at radius 3 is 2.85 bits per heavy atom. The molecule has 0 radical (unpaired) electrons. The first kappa shape index (κ1) is 18.1. The van der Waals surface area contributed by atoms with Crippen molar-refractivity contribution < 1.29 is 23.9 Å². The van der Waals surface area contributed by atoms with Crippen LogP contribution in [-0.2, 0) is 9.47 Å². The number of non-ortho nitro benzene ring substituents is 1. The number of carbonyl (C=O) groups is 1. The van der Waals surface area contributed by atoms with E-state index in [2.05, 4.69) is 10.00 Å². The molecule has 3 rings (SSSR count). The van der Waals surface area contributed by atoms with Crippen LogP contribution in [0.25, 0.3) is 10.9 Å². The van der Waals surface area contributed by atoms with Crippen LogP contribution in [0.15, 0.2) is 18.2 Å². The second kappa shape index (κ2) is 8.11. The topological polar surface area (TPSA) is 109 Å². The number of nitro benzene ring substituents is 1. The van der Waals surface area contributed by atoms with Gasteiger partial charge in [-0.25, -0.2) is 4.79 Å². The predicted octanol–water partition coefficient (Wildman–Crippen LogP) is 1.66. The van der Waals surface area contributed by atoms with Crippen molar-refractivity contribution in [1.82, 2.24) is 14.7 Å². The summed E-state index contributed by atoms with van der Waals surface area (Å²) in [5, 5.41) is 15.6. The smallest absolute Gasteiger partial charge is 0.435 e. The minimum atomic E-state index is -0.658. The largest absolute Gasteiger partial charge is 0.475 e. The number of hydrogen-bond acceptors (Lipinski definition) is 8. The molecular formula is C16H20N4O6. The molecule has 1 aliphatic heterocycles. The van der Waals surface area contributed by atoms with Crippen LogP contribution in [0.5, 0.6) is 5.88 Å². The summed E-state index contributed by atoms with van der Waals surface area (Å²) in [5.74, 6) is 0.171. The lowest BCUT2D eigenvalue weighted by Gasteiger charge is -2.26. The Bertz CT molecular complexity index is 799. The van der Waals surface area contributed by atoms with Crippen LogP contribution in [0.3, 0.4) is 0 Å². The van der Waals surface area contributed by atoms with Crippen LogP contribution in [0.4, 0.5) is 10.5 Å². The lowest BCUT2D eigenvalue weighted by atomic mass is 10.2. The number of hydrogen-bond donors (Lipinski definition) is 0. The fourth-order valence-electron chi connectivity index (χ4n) is 2.72. The van der Waals surface area contributed by atoms with E-state index in [1.165, 1.54) is 18.2 Å². The number of fused-ring (bicyclic) bond motifs is 1. The Hall–Kier alpha value is -2.72. The molecule has 10 nitrogen and oxygen atoms in total. The molecule has 26 heavy (non-hydrogen) atoms. The summed E-state index contributed by atoms with van der Waals surface area (Å²) in [7, 11) is 0. The minimum absolute atomic E-state index is 0.0982. The van der Waals surface area contributed by atoms with Gasteiger partial charge in [-0.2, -0.15) is 4.68 Å². The summed E-state index contributed by atoms with van der Waals surface area (Å²) in [6.45, 7) is 5.93. The fourth-order valence-corrected chi connectivity index (χ4v) is 2.72. The molecule has 0 bridgehead atoms. The molecule has 1 fully saturated rings. The molecule has 0 atom stereocenters. The number of ether oxygens (including phenoxy) is 3. The molecule has 1 aromatic carbocycles. The highest BCUT2D eigenvalue weighted by Crippen LogP contribution is 2.29. The van der Waals surface area contributed by atoms with E-state index in [0.29, 0.717) is 37.3 Å². The maximum Gasteiger partial charge on any atom is 0.435 e. The van der Waals surface area contributed by atoms with Gasteiger partial charge in [0.2, 0.25) is 5.88 Å². The number of nitrogens with zero attached hydrogens (tertiary/aromatic N) is 4. The quantitative estimate of drug-likeness (QED) is 0.562. The maximum absolute atomic E-state index is 12.1. The molecule has 1 aromatic heterocycles. The highest BCUT2D eigenvalue weighted by molar-refractivity contribution is 5.92. The van der Waals surface area contributed by atoms with Crippen LogP contribution in [-0.4, -0.2) is 71.8 Å². The highest BCUT2D eigenvalue weighted by Gasteiger charge is 2.20. The average molecular weight is 364 g/mol. The van der Waals surface area contributed by atoms with Gasteiger partial charge in [0.15, 0.2) is 0 Å². The van der Waals surface area contributed by atoms with Crippen LogP contribution >= 0.6 is 0 Å². The van der Waals surface area contributed by atoms with Gasteiger partial charge in [0, 0.05) is 31.8 Å². The van der Waals surface area contributed by atoms with Crippen molar-refractivity contribution in [3.8, 4) is 5.88 Å². The number of benzene rings is 1. The summed E-state index contributed by atoms with van der Waals surface area (Å²) in [4.78, 5) is 24.8. The molecule has 1 aliphatic rings. The van der Waals surface area contributed by atoms with Gasteiger partial charge in [-0.05, 0) is 13.0 Å². The Kier molecular flexibility index (Phi) is 5.64. The lowest BCUT2D eigenvalue weighted by molar-refractivity contribution is -0.384. The molecule has 0 spiro atoms. The maximum atomic E-state index is 12.1. The first-order valence-electron chi connectivity index (χ1n) is 8.37. The summed E-state index contributed by atoms with van der Waals surface area (Å²) in [6.07, 6.45) is -0.658. The molecule has 10 heteroatoms. The summed E-state index contributed by atoms with van der Waals surface area (Å²) < 4.78 is 17.1. The van der Waals surface area contributed by atoms with E-state index in [-0.39, 0.29) is 18.2 Å². The van der Waals surface area contributed by atoms with Crippen LogP contribution in [0, 0.1) is 10.1 Å². The average Bonchev–Trinajstić information content (AvgIpc) is 3.01. The van der Waals surface area contributed by atoms with Gasteiger partial charge in [-0.3, -0.25) is 15.0 Å². The van der Waals surface area contributed by atoms with Crippen LogP contribution in [0.2, 0.25) is 0 Å². The first-order valence-corrected chi connectivity index (χ1v) is 8.37. The Labute approximate surface area is 149 Å². The second-order valence-electron chi connectivity index (χ2n) is 5.68. The SMILES string of the molecule is CCOC(=O)n1nc(OCCN2CCOCC2)c2cc([N+](=O)[O-])ccc21. The first-order chi connectivity index (χ1) is 12.6. The molecule has 0 amide bonds. The Morgan fingerprint density at radius 1 is 1.38 bits per heavy atom. The second-order valence-corrected chi connectivity index (χ2v) is 5.68. The Morgan fingerprint density at radius 2 is 2.15 bits per heavy atom. The third-order valence-corrected chi connectivity index (χ3v) is 4.03. The van der Waals surface area contributed by atoms with E-state index < -0.39 is 11.0 Å². The van der Waals surface area contributed by atoms with Gasteiger partial charge in [0.1, 0.15) is 6.61 Å². The molecule has 0 N–H and O–H groups in total. The fraction of sp³-hybridized carbons (Fsp3) is 0.500. The summed E-state index contributed by atoms with van der Waals surface area (Å²) >= 11 is 0. The van der Waals surface area contributed by atoms with Crippen molar-refractivity contribution in [3.05, 3.63) is 28.3 Å². The summed E-state index contributed by atoms with van der Waals surface area (Å²) in [5.41, 5.74) is 0.300.